The molecular formula is C14H23NOS. The Bertz CT molecular complexity index is 315. The first kappa shape index (κ1) is 14.4. The molecule has 3 heteroatoms. The molecule has 2 N–H and O–H groups in total. The molecule has 0 aromatic heterocycles. The average Bonchev–Trinajstić information content (AvgIpc) is 2.27. The normalized spacial score (nSPS) is 12.4. The fourth-order valence-electron chi connectivity index (χ4n) is 1.43. The highest BCUT2D eigenvalue weighted by atomic mass is 32.2. The zero-order chi connectivity index (χ0) is 12.5. The predicted molar refractivity (Wildman–Crippen MR) is 76.9 cm³/mol. The fraction of sp³-hybridized carbons (Fsp3) is 0.571. The molecular weight excluding hydrogens is 230 g/mol. The molecule has 0 aliphatic carbocycles. The van der Waals surface area contributed by atoms with E-state index in [4.69, 9.17) is 10.5 Å². The van der Waals surface area contributed by atoms with Crippen LogP contribution in [0.3, 0.4) is 0 Å². The van der Waals surface area contributed by atoms with E-state index in [-0.39, 0.29) is 0 Å². The van der Waals surface area contributed by atoms with Crippen molar-refractivity contribution >= 4 is 11.8 Å². The summed E-state index contributed by atoms with van der Waals surface area (Å²) in [7, 11) is 0. The Kier molecular flexibility index (Phi) is 7.13. The van der Waals surface area contributed by atoms with E-state index < -0.39 is 0 Å². The van der Waals surface area contributed by atoms with Crippen molar-refractivity contribution in [3.05, 3.63) is 29.8 Å². The van der Waals surface area contributed by atoms with Gasteiger partial charge in [-0.25, -0.2) is 0 Å². The summed E-state index contributed by atoms with van der Waals surface area (Å²) in [5.74, 6) is 3.28. The number of hydrogen-bond donors (Lipinski definition) is 1. The Hall–Kier alpha value is -0.670. The lowest BCUT2D eigenvalue weighted by atomic mass is 10.2. The van der Waals surface area contributed by atoms with Crippen molar-refractivity contribution in [3.8, 4) is 5.75 Å². The van der Waals surface area contributed by atoms with Gasteiger partial charge in [-0.3, -0.25) is 0 Å². The number of nitrogens with two attached hydrogens (primary N) is 1. The van der Waals surface area contributed by atoms with Gasteiger partial charge in [0.05, 0.1) is 6.61 Å². The standard InChI is InChI=1S/C14H23NOS/c1-12-5-3-6-14(11-12)16-8-4-9-17-10-7-13(2)15/h3,5-6,11,13H,4,7-10,15H2,1-2H3. The van der Waals surface area contributed by atoms with Gasteiger partial charge in [0.1, 0.15) is 5.75 Å². The molecule has 0 spiro atoms. The topological polar surface area (TPSA) is 35.2 Å². The maximum Gasteiger partial charge on any atom is 0.119 e. The Morgan fingerprint density at radius 1 is 1.35 bits per heavy atom. The second kappa shape index (κ2) is 8.43. The summed E-state index contributed by atoms with van der Waals surface area (Å²) in [6, 6.07) is 8.52. The summed E-state index contributed by atoms with van der Waals surface area (Å²) in [6.07, 6.45) is 2.20. The van der Waals surface area contributed by atoms with Crippen LogP contribution in [0.1, 0.15) is 25.3 Å². The largest absolute Gasteiger partial charge is 0.494 e. The molecule has 1 unspecified atom stereocenters. The molecule has 0 saturated carbocycles. The van der Waals surface area contributed by atoms with Gasteiger partial charge in [-0.2, -0.15) is 11.8 Å². The fourth-order valence-corrected chi connectivity index (χ4v) is 2.49. The first-order valence-electron chi connectivity index (χ1n) is 6.21. The Morgan fingerprint density at radius 2 is 2.18 bits per heavy atom. The van der Waals surface area contributed by atoms with E-state index in [9.17, 15) is 0 Å². The second-order valence-corrected chi connectivity index (χ2v) is 5.62. The number of aryl methyl sites for hydroxylation is 1. The van der Waals surface area contributed by atoms with Crippen LogP contribution in [-0.2, 0) is 0 Å². The van der Waals surface area contributed by atoms with Crippen LogP contribution < -0.4 is 10.5 Å². The van der Waals surface area contributed by atoms with Gasteiger partial charge in [0.15, 0.2) is 0 Å². The molecule has 0 bridgehead atoms. The molecule has 0 heterocycles. The van der Waals surface area contributed by atoms with Crippen LogP contribution in [0.4, 0.5) is 0 Å². The lowest BCUT2D eigenvalue weighted by Gasteiger charge is -2.07. The molecule has 96 valence electrons. The summed E-state index contributed by atoms with van der Waals surface area (Å²) < 4.78 is 5.68. The molecule has 17 heavy (non-hydrogen) atoms. The van der Waals surface area contributed by atoms with Crippen molar-refractivity contribution in [2.45, 2.75) is 32.7 Å². The third-order valence-electron chi connectivity index (χ3n) is 2.41. The SMILES string of the molecule is Cc1cccc(OCCCSCCC(C)N)c1. The molecule has 0 saturated heterocycles. The second-order valence-electron chi connectivity index (χ2n) is 4.40. The third kappa shape index (κ3) is 7.29. The maximum atomic E-state index is 5.69. The summed E-state index contributed by atoms with van der Waals surface area (Å²) in [4.78, 5) is 0. The number of ether oxygens (including phenoxy) is 1. The molecule has 0 aliphatic rings. The van der Waals surface area contributed by atoms with E-state index in [2.05, 4.69) is 26.0 Å². The minimum absolute atomic E-state index is 0.325. The smallest absolute Gasteiger partial charge is 0.119 e. The summed E-state index contributed by atoms with van der Waals surface area (Å²) in [6.45, 7) is 4.94. The minimum Gasteiger partial charge on any atom is -0.494 e. The van der Waals surface area contributed by atoms with E-state index in [1.807, 2.05) is 23.9 Å². The van der Waals surface area contributed by atoms with E-state index in [1.165, 1.54) is 5.56 Å². The van der Waals surface area contributed by atoms with Crippen LogP contribution in [0.5, 0.6) is 5.75 Å². The number of benzene rings is 1. The van der Waals surface area contributed by atoms with Crippen LogP contribution in [0, 0.1) is 6.92 Å². The van der Waals surface area contributed by atoms with Crippen LogP contribution in [-0.4, -0.2) is 24.2 Å². The van der Waals surface area contributed by atoms with Gasteiger partial charge in [0.2, 0.25) is 0 Å². The van der Waals surface area contributed by atoms with Gasteiger partial charge >= 0.3 is 0 Å². The van der Waals surface area contributed by atoms with Crippen LogP contribution in [0.2, 0.25) is 0 Å². The number of hydrogen-bond acceptors (Lipinski definition) is 3. The Labute approximate surface area is 109 Å². The van der Waals surface area contributed by atoms with Crippen molar-refractivity contribution in [2.24, 2.45) is 5.73 Å². The summed E-state index contributed by atoms with van der Waals surface area (Å²) in [5, 5.41) is 0. The van der Waals surface area contributed by atoms with Crippen LogP contribution >= 0.6 is 11.8 Å². The monoisotopic (exact) mass is 253 g/mol. The van der Waals surface area contributed by atoms with Crippen molar-refractivity contribution in [1.29, 1.82) is 0 Å². The van der Waals surface area contributed by atoms with E-state index in [0.29, 0.717) is 6.04 Å². The zero-order valence-electron chi connectivity index (χ0n) is 10.8. The highest BCUT2D eigenvalue weighted by Gasteiger charge is 1.96. The lowest BCUT2D eigenvalue weighted by Crippen LogP contribution is -2.15. The Morgan fingerprint density at radius 3 is 2.88 bits per heavy atom. The summed E-state index contributed by atoms with van der Waals surface area (Å²) >= 11 is 1.96. The average molecular weight is 253 g/mol. The van der Waals surface area contributed by atoms with Crippen molar-refractivity contribution in [3.63, 3.8) is 0 Å². The molecule has 0 fully saturated rings. The first-order valence-corrected chi connectivity index (χ1v) is 7.37. The number of thioether (sulfide) groups is 1. The minimum atomic E-state index is 0.325. The van der Waals surface area contributed by atoms with Gasteiger partial charge in [0.25, 0.3) is 0 Å². The van der Waals surface area contributed by atoms with Crippen LogP contribution in [0.15, 0.2) is 24.3 Å². The lowest BCUT2D eigenvalue weighted by molar-refractivity contribution is 0.318. The molecule has 1 atom stereocenters. The van der Waals surface area contributed by atoms with Gasteiger partial charge in [-0.15, -0.1) is 0 Å². The Balaban J connectivity index is 2.01. The molecule has 0 aliphatic heterocycles. The molecule has 1 aromatic carbocycles. The molecule has 0 radical (unpaired) electrons. The van der Waals surface area contributed by atoms with Gasteiger partial charge in [-0.1, -0.05) is 12.1 Å². The van der Waals surface area contributed by atoms with Gasteiger partial charge < -0.3 is 10.5 Å². The molecule has 1 rings (SSSR count). The predicted octanol–water partition coefficient (Wildman–Crippen LogP) is 3.23. The van der Waals surface area contributed by atoms with Crippen LogP contribution in [0.25, 0.3) is 0 Å². The highest BCUT2D eigenvalue weighted by Crippen LogP contribution is 2.13. The van der Waals surface area contributed by atoms with Crippen molar-refractivity contribution in [1.82, 2.24) is 0 Å². The van der Waals surface area contributed by atoms with E-state index in [1.54, 1.807) is 0 Å². The maximum absolute atomic E-state index is 5.69. The molecule has 0 amide bonds. The quantitative estimate of drug-likeness (QED) is 0.722. The zero-order valence-corrected chi connectivity index (χ0v) is 11.6. The van der Waals surface area contributed by atoms with Crippen molar-refractivity contribution in [2.75, 3.05) is 18.1 Å². The highest BCUT2D eigenvalue weighted by molar-refractivity contribution is 7.99. The first-order chi connectivity index (χ1) is 8.18. The molecule has 1 aromatic rings. The van der Waals surface area contributed by atoms with E-state index >= 15 is 0 Å². The van der Waals surface area contributed by atoms with E-state index in [0.717, 1.165) is 36.7 Å². The van der Waals surface area contributed by atoms with Gasteiger partial charge in [-0.05, 0) is 55.9 Å². The summed E-state index contributed by atoms with van der Waals surface area (Å²) in [5.41, 5.74) is 6.93. The molecule has 2 nitrogen and oxygen atoms in total. The third-order valence-corrected chi connectivity index (χ3v) is 3.51. The van der Waals surface area contributed by atoms with Crippen molar-refractivity contribution < 1.29 is 4.74 Å². The van der Waals surface area contributed by atoms with Gasteiger partial charge in [0, 0.05) is 6.04 Å². The number of rotatable bonds is 8.